The second-order valence-electron chi connectivity index (χ2n) is 4.48. The summed E-state index contributed by atoms with van der Waals surface area (Å²) in [6.45, 7) is 3.57. The predicted octanol–water partition coefficient (Wildman–Crippen LogP) is 4.12. The minimum absolute atomic E-state index is 0.166. The number of phenols is 1. The van der Waals surface area contributed by atoms with Crippen LogP contribution in [0.4, 0.5) is 11.4 Å². The number of aromatic hydroxyl groups is 1. The van der Waals surface area contributed by atoms with Crippen molar-refractivity contribution >= 4 is 17.3 Å². The van der Waals surface area contributed by atoms with Crippen molar-refractivity contribution in [1.29, 1.82) is 0 Å². The van der Waals surface area contributed by atoms with Crippen LogP contribution >= 0.6 is 0 Å². The first-order valence-corrected chi connectivity index (χ1v) is 6.02. The Labute approximate surface area is 116 Å². The second-order valence-corrected chi connectivity index (χ2v) is 4.48. The first-order chi connectivity index (χ1) is 9.47. The molecule has 2 aromatic carbocycles. The summed E-state index contributed by atoms with van der Waals surface area (Å²) in [6, 6.07) is 9.67. The number of benzene rings is 2. The summed E-state index contributed by atoms with van der Waals surface area (Å²) < 4.78 is 0. The van der Waals surface area contributed by atoms with E-state index in [-0.39, 0.29) is 11.3 Å². The number of carboxylic acid groups (broad SMARTS) is 1. The molecule has 0 saturated carbocycles. The monoisotopic (exact) mass is 270 g/mol. The molecule has 5 nitrogen and oxygen atoms in total. The van der Waals surface area contributed by atoms with Gasteiger partial charge in [-0.3, -0.25) is 0 Å². The number of rotatable bonds is 3. The number of carboxylic acids is 1. The minimum Gasteiger partial charge on any atom is -0.507 e. The Balaban J connectivity index is 2.30. The Kier molecular flexibility index (Phi) is 3.79. The van der Waals surface area contributed by atoms with Gasteiger partial charge in [0.1, 0.15) is 5.75 Å². The van der Waals surface area contributed by atoms with Crippen LogP contribution in [0.15, 0.2) is 46.6 Å². The standard InChI is InChI=1S/C15H14N2O3/c1-9-6-13(7-10(2)14(9)18)17-16-12-5-3-4-11(8-12)15(19)20/h3-8,18H,1-2H3,(H,19,20). The van der Waals surface area contributed by atoms with Gasteiger partial charge in [-0.15, -0.1) is 0 Å². The molecular formula is C15H14N2O3. The molecule has 5 heteroatoms. The average Bonchev–Trinajstić information content (AvgIpc) is 2.42. The van der Waals surface area contributed by atoms with Gasteiger partial charge in [0.15, 0.2) is 0 Å². The van der Waals surface area contributed by atoms with Crippen LogP contribution in [0, 0.1) is 13.8 Å². The number of carbonyl (C=O) groups is 1. The maximum absolute atomic E-state index is 10.9. The van der Waals surface area contributed by atoms with Crippen molar-refractivity contribution in [3.05, 3.63) is 53.1 Å². The molecule has 102 valence electrons. The highest BCUT2D eigenvalue weighted by atomic mass is 16.4. The van der Waals surface area contributed by atoms with E-state index in [4.69, 9.17) is 5.11 Å². The molecule has 0 unspecified atom stereocenters. The summed E-state index contributed by atoms with van der Waals surface area (Å²) in [5.74, 6) is -0.754. The number of nitrogens with zero attached hydrogens (tertiary/aromatic N) is 2. The van der Waals surface area contributed by atoms with Crippen molar-refractivity contribution in [3.63, 3.8) is 0 Å². The first kappa shape index (κ1) is 13.7. The molecule has 0 radical (unpaired) electrons. The Bertz CT molecular complexity index is 670. The highest BCUT2D eigenvalue weighted by Gasteiger charge is 2.04. The third kappa shape index (κ3) is 3.00. The van der Waals surface area contributed by atoms with Crippen LogP contribution in [0.3, 0.4) is 0 Å². The van der Waals surface area contributed by atoms with Crippen LogP contribution in [0.5, 0.6) is 5.75 Å². The number of hydrogen-bond acceptors (Lipinski definition) is 4. The SMILES string of the molecule is Cc1cc(N=Nc2cccc(C(=O)O)c2)cc(C)c1O. The summed E-state index contributed by atoms with van der Waals surface area (Å²) in [4.78, 5) is 10.9. The molecule has 0 aliphatic rings. The van der Waals surface area contributed by atoms with E-state index < -0.39 is 5.97 Å². The van der Waals surface area contributed by atoms with Gasteiger partial charge in [-0.2, -0.15) is 10.2 Å². The van der Waals surface area contributed by atoms with Gasteiger partial charge in [0.25, 0.3) is 0 Å². The molecule has 2 aromatic rings. The molecule has 2 N–H and O–H groups in total. The van der Waals surface area contributed by atoms with Crippen LogP contribution in [-0.4, -0.2) is 16.2 Å². The smallest absolute Gasteiger partial charge is 0.335 e. The molecule has 20 heavy (non-hydrogen) atoms. The van der Waals surface area contributed by atoms with Gasteiger partial charge in [0, 0.05) is 0 Å². The van der Waals surface area contributed by atoms with Gasteiger partial charge in [0.2, 0.25) is 0 Å². The van der Waals surface area contributed by atoms with E-state index >= 15 is 0 Å². The fraction of sp³-hybridized carbons (Fsp3) is 0.133. The van der Waals surface area contributed by atoms with Crippen molar-refractivity contribution in [3.8, 4) is 5.75 Å². The molecule has 0 saturated heterocycles. The Morgan fingerprint density at radius 3 is 2.20 bits per heavy atom. The molecule has 0 aromatic heterocycles. The molecule has 0 amide bonds. The van der Waals surface area contributed by atoms with Gasteiger partial charge in [-0.05, 0) is 55.3 Å². The molecule has 0 bridgehead atoms. The summed E-state index contributed by atoms with van der Waals surface area (Å²) in [6.07, 6.45) is 0. The lowest BCUT2D eigenvalue weighted by Gasteiger charge is -2.03. The molecule has 0 aliphatic heterocycles. The average molecular weight is 270 g/mol. The van der Waals surface area contributed by atoms with Crippen molar-refractivity contribution in [2.45, 2.75) is 13.8 Å². The Hall–Kier alpha value is -2.69. The molecular weight excluding hydrogens is 256 g/mol. The van der Waals surface area contributed by atoms with Gasteiger partial charge in [0.05, 0.1) is 16.9 Å². The molecule has 0 spiro atoms. The lowest BCUT2D eigenvalue weighted by molar-refractivity contribution is 0.0697. The molecule has 2 rings (SSSR count). The third-order valence-electron chi connectivity index (χ3n) is 2.85. The van der Waals surface area contributed by atoms with Crippen molar-refractivity contribution in [2.75, 3.05) is 0 Å². The van der Waals surface area contributed by atoms with E-state index in [1.807, 2.05) is 0 Å². The lowest BCUT2D eigenvalue weighted by Crippen LogP contribution is -1.94. The van der Waals surface area contributed by atoms with Crippen LogP contribution in [-0.2, 0) is 0 Å². The van der Waals surface area contributed by atoms with Gasteiger partial charge in [-0.25, -0.2) is 4.79 Å². The Morgan fingerprint density at radius 2 is 1.60 bits per heavy atom. The zero-order valence-corrected chi connectivity index (χ0v) is 11.2. The quantitative estimate of drug-likeness (QED) is 0.823. The number of aromatic carboxylic acids is 1. The molecule has 0 atom stereocenters. The number of aryl methyl sites for hydroxylation is 2. The second kappa shape index (κ2) is 5.52. The topological polar surface area (TPSA) is 82.2 Å². The van der Waals surface area contributed by atoms with Crippen LogP contribution < -0.4 is 0 Å². The highest BCUT2D eigenvalue weighted by molar-refractivity contribution is 5.88. The fourth-order valence-corrected chi connectivity index (χ4v) is 1.81. The number of phenolic OH excluding ortho intramolecular Hbond substituents is 1. The van der Waals surface area contributed by atoms with Gasteiger partial charge < -0.3 is 10.2 Å². The van der Waals surface area contributed by atoms with E-state index in [0.29, 0.717) is 11.4 Å². The minimum atomic E-state index is -1.00. The van der Waals surface area contributed by atoms with Gasteiger partial charge in [-0.1, -0.05) is 6.07 Å². The van der Waals surface area contributed by atoms with E-state index in [1.165, 1.54) is 12.1 Å². The third-order valence-corrected chi connectivity index (χ3v) is 2.85. The zero-order valence-electron chi connectivity index (χ0n) is 11.2. The van der Waals surface area contributed by atoms with E-state index in [1.54, 1.807) is 38.1 Å². The fourth-order valence-electron chi connectivity index (χ4n) is 1.81. The number of azo groups is 1. The molecule has 0 fully saturated rings. The predicted molar refractivity (Wildman–Crippen MR) is 75.2 cm³/mol. The van der Waals surface area contributed by atoms with Crippen LogP contribution in [0.1, 0.15) is 21.5 Å². The highest BCUT2D eigenvalue weighted by Crippen LogP contribution is 2.28. The zero-order chi connectivity index (χ0) is 14.7. The maximum atomic E-state index is 10.9. The van der Waals surface area contributed by atoms with Crippen molar-refractivity contribution in [2.24, 2.45) is 10.2 Å². The summed E-state index contributed by atoms with van der Waals surface area (Å²) >= 11 is 0. The number of hydrogen-bond donors (Lipinski definition) is 2. The normalized spacial score (nSPS) is 10.9. The Morgan fingerprint density at radius 1 is 1.00 bits per heavy atom. The first-order valence-electron chi connectivity index (χ1n) is 6.02. The summed E-state index contributed by atoms with van der Waals surface area (Å²) in [5, 5.41) is 26.6. The molecule has 0 aliphatic carbocycles. The molecule has 0 heterocycles. The van der Waals surface area contributed by atoms with Crippen molar-refractivity contribution < 1.29 is 15.0 Å². The van der Waals surface area contributed by atoms with Crippen LogP contribution in [0.2, 0.25) is 0 Å². The lowest BCUT2D eigenvalue weighted by atomic mass is 10.1. The van der Waals surface area contributed by atoms with Crippen LogP contribution in [0.25, 0.3) is 0 Å². The van der Waals surface area contributed by atoms with E-state index in [0.717, 1.165) is 11.1 Å². The van der Waals surface area contributed by atoms with E-state index in [9.17, 15) is 9.90 Å². The summed E-state index contributed by atoms with van der Waals surface area (Å²) in [7, 11) is 0. The van der Waals surface area contributed by atoms with Gasteiger partial charge >= 0.3 is 5.97 Å². The van der Waals surface area contributed by atoms with Crippen molar-refractivity contribution in [1.82, 2.24) is 0 Å². The van der Waals surface area contributed by atoms with E-state index in [2.05, 4.69) is 10.2 Å². The largest absolute Gasteiger partial charge is 0.507 e. The summed E-state index contributed by atoms with van der Waals surface area (Å²) in [5.41, 5.74) is 2.68. The maximum Gasteiger partial charge on any atom is 0.335 e.